The van der Waals surface area contributed by atoms with Crippen LogP contribution in [0.15, 0.2) is 11.4 Å². The van der Waals surface area contributed by atoms with E-state index in [4.69, 9.17) is 10.2 Å². The van der Waals surface area contributed by atoms with E-state index in [9.17, 15) is 4.79 Å². The van der Waals surface area contributed by atoms with E-state index in [1.165, 1.54) is 11.3 Å². The van der Waals surface area contributed by atoms with Crippen molar-refractivity contribution >= 4 is 17.3 Å². The summed E-state index contributed by atoms with van der Waals surface area (Å²) < 4.78 is 0. The molecule has 5 heteroatoms. The molecule has 0 saturated heterocycles. The molecule has 0 atom stereocenters. The topological polar surface area (TPSA) is 69.6 Å². The van der Waals surface area contributed by atoms with Gasteiger partial charge in [0.1, 0.15) is 4.88 Å². The van der Waals surface area contributed by atoms with E-state index in [2.05, 4.69) is 5.32 Å². The Hall–Kier alpha value is -0.910. The molecule has 3 N–H and O–H groups in total. The number of aliphatic hydroxyl groups is 1. The first-order valence-corrected chi connectivity index (χ1v) is 6.66. The average Bonchev–Trinajstić information content (AvgIpc) is 2.88. The second kappa shape index (κ2) is 5.16. The summed E-state index contributed by atoms with van der Waals surface area (Å²) in [5.41, 5.74) is 1.12. The number of aromatic carboxylic acids is 1. The van der Waals surface area contributed by atoms with Crippen LogP contribution in [-0.4, -0.2) is 29.3 Å². The molecule has 0 radical (unpaired) electrons. The van der Waals surface area contributed by atoms with Gasteiger partial charge in [0.2, 0.25) is 0 Å². The first-order valence-electron chi connectivity index (χ1n) is 5.78. The summed E-state index contributed by atoms with van der Waals surface area (Å²) in [5.74, 6) is -0.853. The summed E-state index contributed by atoms with van der Waals surface area (Å²) in [7, 11) is 0. The zero-order chi connectivity index (χ0) is 12.3. The van der Waals surface area contributed by atoms with Gasteiger partial charge < -0.3 is 15.5 Å². The van der Waals surface area contributed by atoms with Gasteiger partial charge in [-0.1, -0.05) is 0 Å². The molecule has 0 aromatic carbocycles. The van der Waals surface area contributed by atoms with Crippen LogP contribution in [-0.2, 0) is 6.54 Å². The van der Waals surface area contributed by atoms with Crippen LogP contribution in [0.25, 0.3) is 0 Å². The quantitative estimate of drug-likeness (QED) is 0.693. The fourth-order valence-corrected chi connectivity index (χ4v) is 2.81. The summed E-state index contributed by atoms with van der Waals surface area (Å²) >= 11 is 1.26. The molecule has 4 nitrogen and oxygen atoms in total. The molecule has 1 aliphatic rings. The van der Waals surface area contributed by atoms with Gasteiger partial charge in [0.25, 0.3) is 0 Å². The van der Waals surface area contributed by atoms with Crippen LogP contribution in [0.5, 0.6) is 0 Å². The van der Waals surface area contributed by atoms with Crippen LogP contribution in [0.3, 0.4) is 0 Å². The Kier molecular flexibility index (Phi) is 3.81. The van der Waals surface area contributed by atoms with E-state index in [0.29, 0.717) is 11.4 Å². The molecule has 0 bridgehead atoms. The van der Waals surface area contributed by atoms with E-state index in [0.717, 1.165) is 31.4 Å². The summed E-state index contributed by atoms with van der Waals surface area (Å²) in [6, 6.07) is 1.85. The normalized spacial score (nSPS) is 17.0. The lowest BCUT2D eigenvalue weighted by Crippen LogP contribution is -2.24. The number of hydrogen-bond acceptors (Lipinski definition) is 4. The number of carboxylic acid groups (broad SMARTS) is 1. The van der Waals surface area contributed by atoms with E-state index in [1.807, 2.05) is 6.07 Å². The molecule has 1 aliphatic carbocycles. The Labute approximate surface area is 104 Å². The fraction of sp³-hybridized carbons (Fsp3) is 0.583. The molecular formula is C12H17NO3S. The maximum Gasteiger partial charge on any atom is 0.346 e. The van der Waals surface area contributed by atoms with E-state index in [1.54, 1.807) is 5.38 Å². The number of hydrogen-bond donors (Lipinski definition) is 3. The molecule has 1 fully saturated rings. The molecule has 1 heterocycles. The molecule has 0 amide bonds. The fourth-order valence-electron chi connectivity index (χ4n) is 2.05. The lowest BCUT2D eigenvalue weighted by molar-refractivity contribution is 0.0701. The molecule has 2 rings (SSSR count). The smallest absolute Gasteiger partial charge is 0.346 e. The molecule has 0 aliphatic heterocycles. The molecule has 1 aromatic rings. The largest absolute Gasteiger partial charge is 0.477 e. The van der Waals surface area contributed by atoms with Crippen molar-refractivity contribution in [3.05, 3.63) is 21.9 Å². The van der Waals surface area contributed by atoms with Crippen molar-refractivity contribution in [3.8, 4) is 0 Å². The summed E-state index contributed by atoms with van der Waals surface area (Å²) in [4.78, 5) is 11.3. The zero-order valence-corrected chi connectivity index (χ0v) is 10.4. The Morgan fingerprint density at radius 3 is 2.88 bits per heavy atom. The molecule has 0 unspecified atom stereocenters. The third-order valence-electron chi connectivity index (χ3n) is 3.36. The van der Waals surface area contributed by atoms with E-state index >= 15 is 0 Å². The van der Waals surface area contributed by atoms with Crippen LogP contribution >= 0.6 is 11.3 Å². The van der Waals surface area contributed by atoms with E-state index < -0.39 is 5.97 Å². The Bertz CT molecular complexity index is 398. The van der Waals surface area contributed by atoms with Crippen molar-refractivity contribution in [1.29, 1.82) is 0 Å². The number of rotatable bonds is 7. The minimum Gasteiger partial charge on any atom is -0.477 e. The van der Waals surface area contributed by atoms with Gasteiger partial charge in [-0.3, -0.25) is 0 Å². The van der Waals surface area contributed by atoms with Gasteiger partial charge in [0, 0.05) is 19.7 Å². The highest BCUT2D eigenvalue weighted by atomic mass is 32.1. The number of carbonyl (C=O) groups is 1. The molecule has 94 valence electrons. The molecular weight excluding hydrogens is 238 g/mol. The Morgan fingerprint density at radius 1 is 1.53 bits per heavy atom. The van der Waals surface area contributed by atoms with Gasteiger partial charge in [-0.15, -0.1) is 11.3 Å². The Balaban J connectivity index is 1.82. The third-order valence-corrected chi connectivity index (χ3v) is 4.30. The van der Waals surface area contributed by atoms with Gasteiger partial charge in [-0.25, -0.2) is 4.79 Å². The molecule has 17 heavy (non-hydrogen) atoms. The predicted octanol–water partition coefficient (Wildman–Crippen LogP) is 1.70. The van der Waals surface area contributed by atoms with E-state index in [-0.39, 0.29) is 12.0 Å². The minimum absolute atomic E-state index is 0.237. The van der Waals surface area contributed by atoms with Crippen LogP contribution < -0.4 is 5.32 Å². The second-order valence-corrected chi connectivity index (χ2v) is 5.57. The van der Waals surface area contributed by atoms with Crippen LogP contribution in [0, 0.1) is 5.41 Å². The van der Waals surface area contributed by atoms with Crippen LogP contribution in [0.1, 0.15) is 34.5 Å². The monoisotopic (exact) mass is 255 g/mol. The summed E-state index contributed by atoms with van der Waals surface area (Å²) in [6.45, 7) is 1.70. The molecule has 1 aromatic heterocycles. The van der Waals surface area contributed by atoms with Gasteiger partial charge in [-0.2, -0.15) is 0 Å². The van der Waals surface area contributed by atoms with Gasteiger partial charge in [-0.05, 0) is 41.7 Å². The van der Waals surface area contributed by atoms with Crippen LogP contribution in [0.2, 0.25) is 0 Å². The minimum atomic E-state index is -0.853. The number of aliphatic hydroxyl groups excluding tert-OH is 1. The lowest BCUT2D eigenvalue weighted by atomic mass is 10.0. The number of carboxylic acids is 1. The van der Waals surface area contributed by atoms with Crippen molar-refractivity contribution in [3.63, 3.8) is 0 Å². The summed E-state index contributed by atoms with van der Waals surface area (Å²) in [5, 5.41) is 23.0. The highest BCUT2D eigenvalue weighted by Gasteiger charge is 2.41. The van der Waals surface area contributed by atoms with Gasteiger partial charge in [0.05, 0.1) is 0 Å². The zero-order valence-electron chi connectivity index (χ0n) is 9.61. The van der Waals surface area contributed by atoms with Gasteiger partial charge >= 0.3 is 5.97 Å². The van der Waals surface area contributed by atoms with Crippen molar-refractivity contribution < 1.29 is 15.0 Å². The number of thiophene rings is 1. The maximum atomic E-state index is 10.9. The SMILES string of the molecule is O=C(O)c1sccc1CNCC1(CCO)CC1. The second-order valence-electron chi connectivity index (χ2n) is 4.66. The van der Waals surface area contributed by atoms with Crippen LogP contribution in [0.4, 0.5) is 0 Å². The predicted molar refractivity (Wildman–Crippen MR) is 66.4 cm³/mol. The molecule has 1 saturated carbocycles. The van der Waals surface area contributed by atoms with Crippen molar-refractivity contribution in [1.82, 2.24) is 5.32 Å². The van der Waals surface area contributed by atoms with Gasteiger partial charge in [0.15, 0.2) is 0 Å². The lowest BCUT2D eigenvalue weighted by Gasteiger charge is -2.14. The van der Waals surface area contributed by atoms with Crippen molar-refractivity contribution in [2.75, 3.05) is 13.2 Å². The van der Waals surface area contributed by atoms with Crippen molar-refractivity contribution in [2.24, 2.45) is 5.41 Å². The third kappa shape index (κ3) is 3.06. The highest BCUT2D eigenvalue weighted by molar-refractivity contribution is 7.12. The first kappa shape index (κ1) is 12.5. The standard InChI is InChI=1S/C12H17NO3S/c14-5-4-12(2-3-12)8-13-7-9-1-6-17-10(9)11(15)16/h1,6,13-14H,2-5,7-8H2,(H,15,16). The van der Waals surface area contributed by atoms with Crippen molar-refractivity contribution in [2.45, 2.75) is 25.8 Å². The average molecular weight is 255 g/mol. The summed E-state index contributed by atoms with van der Waals surface area (Å²) in [6.07, 6.45) is 3.17. The molecule has 0 spiro atoms. The first-order chi connectivity index (χ1) is 8.17. The maximum absolute atomic E-state index is 10.9. The number of nitrogens with one attached hydrogen (secondary N) is 1. The Morgan fingerprint density at radius 2 is 2.29 bits per heavy atom. The highest BCUT2D eigenvalue weighted by Crippen LogP contribution is 2.47.